The highest BCUT2D eigenvalue weighted by Gasteiger charge is 2.33. The number of aromatic nitrogens is 1. The minimum absolute atomic E-state index is 0.234. The van der Waals surface area contributed by atoms with Crippen LogP contribution in [-0.4, -0.2) is 22.9 Å². The van der Waals surface area contributed by atoms with Gasteiger partial charge in [-0.3, -0.25) is 9.36 Å². The van der Waals surface area contributed by atoms with E-state index in [4.69, 9.17) is 9.15 Å². The van der Waals surface area contributed by atoms with Crippen molar-refractivity contribution in [3.05, 3.63) is 107 Å². The van der Waals surface area contributed by atoms with Crippen LogP contribution in [0.3, 0.4) is 0 Å². The van der Waals surface area contributed by atoms with Gasteiger partial charge in [0.05, 0.1) is 27.9 Å². The van der Waals surface area contributed by atoms with Crippen molar-refractivity contribution in [3.8, 4) is 11.3 Å². The third kappa shape index (κ3) is 5.32. The summed E-state index contributed by atoms with van der Waals surface area (Å²) in [4.78, 5) is 33.3. The third-order valence-electron chi connectivity index (χ3n) is 6.04. The molecule has 0 bridgehead atoms. The van der Waals surface area contributed by atoms with E-state index in [1.807, 2.05) is 66.9 Å². The Hall–Kier alpha value is -2.89. The van der Waals surface area contributed by atoms with Crippen LogP contribution in [0.2, 0.25) is 0 Å². The van der Waals surface area contributed by atoms with Gasteiger partial charge in [0.25, 0.3) is 5.56 Å². The second-order valence-electron chi connectivity index (χ2n) is 9.02. The molecule has 0 fully saturated rings. The topological polar surface area (TPSA) is 73.8 Å². The summed E-state index contributed by atoms with van der Waals surface area (Å²) in [5.41, 5.74) is 2.46. The predicted octanol–water partition coefficient (Wildman–Crippen LogP) is 5.77. The molecule has 0 spiro atoms. The number of fused-ring (bicyclic) bond motifs is 1. The molecule has 6 nitrogen and oxygen atoms in total. The second-order valence-corrected chi connectivity index (χ2v) is 12.2. The maximum absolute atomic E-state index is 13.8. The Morgan fingerprint density at radius 2 is 1.84 bits per heavy atom. The average molecular weight is 657 g/mol. The number of thioether (sulfide) groups is 1. The largest absolute Gasteiger partial charge is 0.459 e. The number of rotatable bonds is 6. The fraction of sp³-hybridized carbons (Fsp3) is 0.207. The van der Waals surface area contributed by atoms with Crippen LogP contribution in [0.4, 0.5) is 0 Å². The Morgan fingerprint density at radius 1 is 1.13 bits per heavy atom. The van der Waals surface area contributed by atoms with Crippen molar-refractivity contribution in [3.63, 3.8) is 0 Å². The molecular weight excluding hydrogens is 631 g/mol. The lowest BCUT2D eigenvalue weighted by molar-refractivity contribution is -0.143. The summed E-state index contributed by atoms with van der Waals surface area (Å²) in [6.07, 6.45) is 3.44. The van der Waals surface area contributed by atoms with E-state index < -0.39 is 12.0 Å². The molecule has 1 aliphatic heterocycles. The predicted molar refractivity (Wildman–Crippen MR) is 160 cm³/mol. The van der Waals surface area contributed by atoms with Gasteiger partial charge in [0.15, 0.2) is 4.80 Å². The number of nitrogens with zero attached hydrogens (tertiary/aromatic N) is 2. The smallest absolute Gasteiger partial charge is 0.338 e. The number of allylic oxidation sites excluding steroid dienone is 1. The molecule has 5 rings (SSSR count). The number of carbonyl (C=O) groups is 1. The molecule has 9 heteroatoms. The number of benzene rings is 2. The molecule has 4 aromatic rings. The lowest BCUT2D eigenvalue weighted by Gasteiger charge is -2.25. The molecule has 38 heavy (non-hydrogen) atoms. The van der Waals surface area contributed by atoms with Gasteiger partial charge in [0.1, 0.15) is 11.5 Å². The second kappa shape index (κ2) is 11.1. The summed E-state index contributed by atoms with van der Waals surface area (Å²) < 4.78 is 14.8. The van der Waals surface area contributed by atoms with E-state index in [-0.39, 0.29) is 11.7 Å². The quantitative estimate of drug-likeness (QED) is 0.150. The molecule has 0 unspecified atom stereocenters. The molecular formula is C29H25IN2O4S2. The Kier molecular flexibility index (Phi) is 7.78. The monoisotopic (exact) mass is 656 g/mol. The van der Waals surface area contributed by atoms with Gasteiger partial charge in [0, 0.05) is 20.1 Å². The first kappa shape index (κ1) is 26.7. The van der Waals surface area contributed by atoms with Crippen molar-refractivity contribution in [2.24, 2.45) is 4.99 Å². The maximum atomic E-state index is 13.8. The zero-order valence-corrected chi connectivity index (χ0v) is 25.0. The van der Waals surface area contributed by atoms with Crippen LogP contribution in [0.25, 0.3) is 17.4 Å². The number of carbonyl (C=O) groups excluding carboxylic acids is 1. The van der Waals surface area contributed by atoms with Crippen LogP contribution in [0.15, 0.2) is 91.0 Å². The maximum Gasteiger partial charge on any atom is 0.338 e. The minimum atomic E-state index is -0.644. The lowest BCUT2D eigenvalue weighted by Crippen LogP contribution is -2.40. The van der Waals surface area contributed by atoms with Gasteiger partial charge in [-0.1, -0.05) is 35.6 Å². The molecule has 0 radical (unpaired) electrons. The normalized spacial score (nSPS) is 15.5. The van der Waals surface area contributed by atoms with Gasteiger partial charge < -0.3 is 9.15 Å². The van der Waals surface area contributed by atoms with Crippen molar-refractivity contribution in [2.45, 2.75) is 37.8 Å². The number of furan rings is 1. The molecule has 0 aliphatic carbocycles. The highest BCUT2D eigenvalue weighted by Crippen LogP contribution is 2.32. The van der Waals surface area contributed by atoms with E-state index in [1.165, 1.54) is 11.3 Å². The fourth-order valence-electron chi connectivity index (χ4n) is 4.29. The molecule has 0 N–H and O–H groups in total. The minimum Gasteiger partial charge on any atom is -0.459 e. The SMILES string of the molecule is CSc1ccc([C@H]2C(C(=O)OC(C)C)=C(C)N=c3s/c(=C\c4ccc(-c5ccc(I)cc5)o4)c(=O)n32)cc1. The van der Waals surface area contributed by atoms with Crippen molar-refractivity contribution < 1.29 is 13.9 Å². The Labute approximate surface area is 241 Å². The molecule has 2 aromatic carbocycles. The standard InChI is InChI=1S/C29H25IN2O4S2/c1-16(2)35-28(34)25-17(3)31-29-32(26(25)19-7-12-22(37-4)13-8-19)27(33)24(38-29)15-21-11-14-23(36-21)18-5-9-20(30)10-6-18/h5-16,26H,1-4H3/b24-15-/t26-/m0/s1. The van der Waals surface area contributed by atoms with Crippen molar-refractivity contribution in [1.29, 1.82) is 0 Å². The highest BCUT2D eigenvalue weighted by atomic mass is 127. The van der Waals surface area contributed by atoms with Crippen molar-refractivity contribution in [2.75, 3.05) is 6.26 Å². The summed E-state index contributed by atoms with van der Waals surface area (Å²) in [5, 5.41) is 0. The van der Waals surface area contributed by atoms with Gasteiger partial charge in [0.2, 0.25) is 0 Å². The Morgan fingerprint density at radius 3 is 2.50 bits per heavy atom. The molecule has 0 amide bonds. The zero-order valence-electron chi connectivity index (χ0n) is 21.2. The first-order valence-electron chi connectivity index (χ1n) is 12.0. The van der Waals surface area contributed by atoms with Crippen LogP contribution in [0.1, 0.15) is 38.1 Å². The number of hydrogen-bond acceptors (Lipinski definition) is 7. The van der Waals surface area contributed by atoms with Gasteiger partial charge in [-0.2, -0.15) is 0 Å². The number of esters is 1. The van der Waals surface area contributed by atoms with Gasteiger partial charge in [-0.15, -0.1) is 11.8 Å². The molecule has 194 valence electrons. The fourth-order valence-corrected chi connectivity index (χ4v) is 6.09. The van der Waals surface area contributed by atoms with Gasteiger partial charge in [-0.05, 0) is 91.6 Å². The van der Waals surface area contributed by atoms with Crippen LogP contribution in [0.5, 0.6) is 0 Å². The first-order chi connectivity index (χ1) is 18.2. The molecule has 3 heterocycles. The Bertz CT molecular complexity index is 1710. The molecule has 2 aromatic heterocycles. The van der Waals surface area contributed by atoms with E-state index in [1.54, 1.807) is 43.2 Å². The number of hydrogen-bond donors (Lipinski definition) is 0. The number of thiazole rings is 1. The zero-order chi connectivity index (χ0) is 27.0. The van der Waals surface area contributed by atoms with Crippen LogP contribution in [-0.2, 0) is 9.53 Å². The van der Waals surface area contributed by atoms with Gasteiger partial charge >= 0.3 is 5.97 Å². The van der Waals surface area contributed by atoms with E-state index in [2.05, 4.69) is 27.6 Å². The first-order valence-corrected chi connectivity index (χ1v) is 15.1. The molecule has 1 aliphatic rings. The number of halogens is 1. The summed E-state index contributed by atoms with van der Waals surface area (Å²) >= 11 is 5.17. The van der Waals surface area contributed by atoms with E-state index in [0.29, 0.717) is 26.4 Å². The Balaban J connectivity index is 1.62. The van der Waals surface area contributed by atoms with Gasteiger partial charge in [-0.25, -0.2) is 9.79 Å². The molecule has 1 atom stereocenters. The van der Waals surface area contributed by atoms with E-state index >= 15 is 0 Å². The summed E-state index contributed by atoms with van der Waals surface area (Å²) in [5.74, 6) is 0.823. The third-order valence-corrected chi connectivity index (χ3v) is 8.49. The van der Waals surface area contributed by atoms with Crippen molar-refractivity contribution >= 4 is 57.7 Å². The summed E-state index contributed by atoms with van der Waals surface area (Å²) in [6.45, 7) is 5.40. The van der Waals surface area contributed by atoms with Crippen LogP contribution >= 0.6 is 45.7 Å². The van der Waals surface area contributed by atoms with Crippen molar-refractivity contribution in [1.82, 2.24) is 4.57 Å². The molecule has 0 saturated heterocycles. The summed E-state index contributed by atoms with van der Waals surface area (Å²) in [6, 6.07) is 19.0. The van der Waals surface area contributed by atoms with E-state index in [9.17, 15) is 9.59 Å². The van der Waals surface area contributed by atoms with Crippen LogP contribution in [0, 0.1) is 3.57 Å². The number of ether oxygens (including phenoxy) is 1. The lowest BCUT2D eigenvalue weighted by atomic mass is 9.96. The highest BCUT2D eigenvalue weighted by molar-refractivity contribution is 14.1. The summed E-state index contributed by atoms with van der Waals surface area (Å²) in [7, 11) is 0. The average Bonchev–Trinajstić information content (AvgIpc) is 3.47. The van der Waals surface area contributed by atoms with Crippen LogP contribution < -0.4 is 14.9 Å². The van der Waals surface area contributed by atoms with E-state index in [0.717, 1.165) is 25.4 Å². The molecule has 0 saturated carbocycles.